The van der Waals surface area contributed by atoms with Crippen LogP contribution in [-0.4, -0.2) is 49.1 Å². The number of nitrogens with zero attached hydrogens (tertiary/aromatic N) is 1. The van der Waals surface area contributed by atoms with Crippen LogP contribution in [0.15, 0.2) is 48.5 Å². The van der Waals surface area contributed by atoms with Crippen molar-refractivity contribution in [3.63, 3.8) is 0 Å². The molecule has 3 amide bonds. The summed E-state index contributed by atoms with van der Waals surface area (Å²) in [5.74, 6) is -3.10. The largest absolute Gasteiger partial charge is 0.324 e. The zero-order valence-electron chi connectivity index (χ0n) is 14.9. The number of hydrogen-bond acceptors (Lipinski definition) is 5. The number of halogens is 1. The lowest BCUT2D eigenvalue weighted by atomic mass is 10.1. The molecule has 28 heavy (non-hydrogen) atoms. The molecule has 0 radical (unpaired) electrons. The maximum atomic E-state index is 13.4. The average Bonchev–Trinajstić information content (AvgIpc) is 2.86. The number of hydrogen-bond donors (Lipinski definition) is 1. The lowest BCUT2D eigenvalue weighted by molar-refractivity contribution is -0.120. The summed E-state index contributed by atoms with van der Waals surface area (Å²) in [7, 11) is -3.45. The highest BCUT2D eigenvalue weighted by atomic mass is 32.2. The van der Waals surface area contributed by atoms with Crippen molar-refractivity contribution in [2.75, 3.05) is 17.3 Å². The van der Waals surface area contributed by atoms with Crippen molar-refractivity contribution in [3.8, 4) is 0 Å². The molecule has 3 rings (SSSR count). The second-order valence-electron chi connectivity index (χ2n) is 6.46. The number of sulfone groups is 1. The molecule has 0 bridgehead atoms. The standard InChI is InChI=1S/C19H17FN2O5S/c1-28(26,27)10-9-16(17(23)21-13-6-4-5-12(20)11-13)22-18(24)14-7-2-3-8-15(14)19(22)25/h2-8,11,16H,9-10H2,1H3,(H,21,23)/t16-/m0/s1. The Hall–Kier alpha value is -3.07. The zero-order chi connectivity index (χ0) is 20.5. The molecule has 9 heteroatoms. The first-order valence-electron chi connectivity index (χ1n) is 8.38. The molecular weight excluding hydrogens is 387 g/mol. The van der Waals surface area contributed by atoms with Crippen molar-refractivity contribution >= 4 is 33.2 Å². The molecule has 146 valence electrons. The Kier molecular flexibility index (Phi) is 5.28. The van der Waals surface area contributed by atoms with Gasteiger partial charge in [-0.1, -0.05) is 18.2 Å². The number of benzene rings is 2. The van der Waals surface area contributed by atoms with Crippen LogP contribution in [0, 0.1) is 5.82 Å². The number of nitrogens with one attached hydrogen (secondary N) is 1. The van der Waals surface area contributed by atoms with Crippen molar-refractivity contribution in [3.05, 3.63) is 65.5 Å². The van der Waals surface area contributed by atoms with Gasteiger partial charge in [0.1, 0.15) is 21.7 Å². The van der Waals surface area contributed by atoms with Gasteiger partial charge in [-0.05, 0) is 36.8 Å². The Balaban J connectivity index is 1.92. The van der Waals surface area contributed by atoms with Gasteiger partial charge in [0.25, 0.3) is 11.8 Å². The Bertz CT molecular complexity index is 1030. The van der Waals surface area contributed by atoms with Gasteiger partial charge in [-0.3, -0.25) is 19.3 Å². The Morgan fingerprint density at radius 1 is 1.07 bits per heavy atom. The minimum Gasteiger partial charge on any atom is -0.324 e. The molecule has 0 unspecified atom stereocenters. The van der Waals surface area contributed by atoms with Crippen molar-refractivity contribution < 1.29 is 27.2 Å². The van der Waals surface area contributed by atoms with E-state index in [-0.39, 0.29) is 23.2 Å². The summed E-state index contributed by atoms with van der Waals surface area (Å²) >= 11 is 0. The monoisotopic (exact) mass is 404 g/mol. The van der Waals surface area contributed by atoms with Gasteiger partial charge < -0.3 is 5.32 Å². The molecule has 1 aliphatic heterocycles. The molecular formula is C19H17FN2O5S. The first-order chi connectivity index (χ1) is 13.2. The van der Waals surface area contributed by atoms with Crippen LogP contribution < -0.4 is 5.32 Å². The van der Waals surface area contributed by atoms with Crippen molar-refractivity contribution in [1.29, 1.82) is 0 Å². The molecule has 0 aromatic heterocycles. The van der Waals surface area contributed by atoms with Crippen LogP contribution in [-0.2, 0) is 14.6 Å². The number of anilines is 1. The zero-order valence-corrected chi connectivity index (χ0v) is 15.7. The molecule has 1 aliphatic rings. The SMILES string of the molecule is CS(=O)(=O)CC[C@@H](C(=O)Nc1cccc(F)c1)N1C(=O)c2ccccc2C1=O. The fourth-order valence-electron chi connectivity index (χ4n) is 2.99. The van der Waals surface area contributed by atoms with Gasteiger partial charge in [-0.15, -0.1) is 0 Å². The number of fused-ring (bicyclic) bond motifs is 1. The molecule has 0 spiro atoms. The summed E-state index contributed by atoms with van der Waals surface area (Å²) in [4.78, 5) is 39.0. The molecule has 1 atom stereocenters. The number of carbonyl (C=O) groups is 3. The number of rotatable bonds is 6. The van der Waals surface area contributed by atoms with Gasteiger partial charge in [0.2, 0.25) is 5.91 Å². The lowest BCUT2D eigenvalue weighted by Crippen LogP contribution is -2.48. The fraction of sp³-hybridized carbons (Fsp3) is 0.211. The summed E-state index contributed by atoms with van der Waals surface area (Å²) in [5, 5.41) is 2.44. The van der Waals surface area contributed by atoms with Gasteiger partial charge in [-0.25, -0.2) is 12.8 Å². The molecule has 2 aromatic rings. The third-order valence-corrected chi connectivity index (χ3v) is 5.27. The van der Waals surface area contributed by atoms with Crippen LogP contribution in [0.25, 0.3) is 0 Å². The van der Waals surface area contributed by atoms with Gasteiger partial charge >= 0.3 is 0 Å². The average molecular weight is 404 g/mol. The lowest BCUT2D eigenvalue weighted by Gasteiger charge is -2.25. The van der Waals surface area contributed by atoms with E-state index in [1.165, 1.54) is 30.3 Å². The number of amides is 3. The van der Waals surface area contributed by atoms with Gasteiger partial charge in [-0.2, -0.15) is 0 Å². The molecule has 7 nitrogen and oxygen atoms in total. The maximum Gasteiger partial charge on any atom is 0.262 e. The van der Waals surface area contributed by atoms with Crippen LogP contribution in [0.2, 0.25) is 0 Å². The summed E-state index contributed by atoms with van der Waals surface area (Å²) < 4.78 is 36.6. The molecule has 1 N–H and O–H groups in total. The van der Waals surface area contributed by atoms with E-state index in [4.69, 9.17) is 0 Å². The van der Waals surface area contributed by atoms with Crippen molar-refractivity contribution in [2.45, 2.75) is 12.5 Å². The minimum absolute atomic E-state index is 0.131. The topological polar surface area (TPSA) is 101 Å². The number of imide groups is 1. The van der Waals surface area contributed by atoms with Crippen LogP contribution in [0.5, 0.6) is 0 Å². The van der Waals surface area contributed by atoms with E-state index in [0.29, 0.717) is 0 Å². The van der Waals surface area contributed by atoms with E-state index in [1.54, 1.807) is 12.1 Å². The highest BCUT2D eigenvalue weighted by Crippen LogP contribution is 2.26. The van der Waals surface area contributed by atoms with E-state index in [0.717, 1.165) is 17.2 Å². The van der Waals surface area contributed by atoms with Crippen LogP contribution >= 0.6 is 0 Å². The molecule has 0 fully saturated rings. The van der Waals surface area contributed by atoms with Crippen LogP contribution in [0.4, 0.5) is 10.1 Å². The Morgan fingerprint density at radius 2 is 1.68 bits per heavy atom. The van der Waals surface area contributed by atoms with Crippen LogP contribution in [0.3, 0.4) is 0 Å². The van der Waals surface area contributed by atoms with E-state index < -0.39 is 45.2 Å². The maximum absolute atomic E-state index is 13.4. The normalized spacial score (nSPS) is 14.7. The predicted octanol–water partition coefficient (Wildman–Crippen LogP) is 1.86. The smallest absolute Gasteiger partial charge is 0.262 e. The molecule has 1 heterocycles. The first kappa shape index (κ1) is 19.7. The van der Waals surface area contributed by atoms with E-state index in [9.17, 15) is 27.2 Å². The van der Waals surface area contributed by atoms with E-state index >= 15 is 0 Å². The molecule has 0 aliphatic carbocycles. The van der Waals surface area contributed by atoms with Gasteiger partial charge in [0.15, 0.2) is 0 Å². The fourth-order valence-corrected chi connectivity index (χ4v) is 3.64. The third-order valence-electron chi connectivity index (χ3n) is 4.29. The summed E-state index contributed by atoms with van der Waals surface area (Å²) in [6, 6.07) is 9.86. The third kappa shape index (κ3) is 4.09. The summed E-state index contributed by atoms with van der Waals surface area (Å²) in [6.45, 7) is 0. The second kappa shape index (κ2) is 7.51. The predicted molar refractivity (Wildman–Crippen MR) is 100 cm³/mol. The number of carbonyl (C=O) groups excluding carboxylic acids is 3. The van der Waals surface area contributed by atoms with E-state index in [1.807, 2.05) is 0 Å². The quantitative estimate of drug-likeness (QED) is 0.741. The van der Waals surface area contributed by atoms with E-state index in [2.05, 4.69) is 5.32 Å². The highest BCUT2D eigenvalue weighted by Gasteiger charge is 2.42. The Labute approximate surface area is 161 Å². The molecule has 0 saturated carbocycles. The summed E-state index contributed by atoms with van der Waals surface area (Å²) in [6.07, 6.45) is 0.725. The minimum atomic E-state index is -3.45. The first-order valence-corrected chi connectivity index (χ1v) is 10.4. The van der Waals surface area contributed by atoms with Crippen LogP contribution in [0.1, 0.15) is 27.1 Å². The van der Waals surface area contributed by atoms with Gasteiger partial charge in [0.05, 0.1) is 16.9 Å². The molecule has 2 aromatic carbocycles. The molecule has 0 saturated heterocycles. The van der Waals surface area contributed by atoms with Crippen molar-refractivity contribution in [1.82, 2.24) is 4.90 Å². The van der Waals surface area contributed by atoms with Crippen molar-refractivity contribution in [2.24, 2.45) is 0 Å². The highest BCUT2D eigenvalue weighted by molar-refractivity contribution is 7.90. The second-order valence-corrected chi connectivity index (χ2v) is 8.72. The van der Waals surface area contributed by atoms with Gasteiger partial charge in [0, 0.05) is 11.9 Å². The summed E-state index contributed by atoms with van der Waals surface area (Å²) in [5.41, 5.74) is 0.428. The Morgan fingerprint density at radius 3 is 2.21 bits per heavy atom.